The Labute approximate surface area is 117 Å². The fourth-order valence-electron chi connectivity index (χ4n) is 2.35. The zero-order valence-corrected chi connectivity index (χ0v) is 11.3. The van der Waals surface area contributed by atoms with Crippen LogP contribution in [0.15, 0.2) is 55.0 Å². The number of benzene rings is 1. The molecule has 0 unspecified atom stereocenters. The van der Waals surface area contributed by atoms with Gasteiger partial charge in [-0.25, -0.2) is 0 Å². The molecule has 0 atom stereocenters. The van der Waals surface area contributed by atoms with Crippen molar-refractivity contribution >= 4 is 22.1 Å². The molecule has 0 aliphatic rings. The second-order valence-corrected chi connectivity index (χ2v) is 4.77. The van der Waals surface area contributed by atoms with Gasteiger partial charge in [-0.1, -0.05) is 6.07 Å². The number of rotatable bonds is 3. The van der Waals surface area contributed by atoms with Crippen molar-refractivity contribution in [3.05, 3.63) is 60.7 Å². The molecule has 0 fully saturated rings. The first-order valence-corrected chi connectivity index (χ1v) is 6.49. The van der Waals surface area contributed by atoms with E-state index >= 15 is 0 Å². The Bertz CT molecular complexity index is 725. The van der Waals surface area contributed by atoms with E-state index in [1.165, 1.54) is 0 Å². The van der Waals surface area contributed by atoms with Gasteiger partial charge in [0.15, 0.2) is 0 Å². The maximum atomic E-state index is 6.01. The van der Waals surface area contributed by atoms with Crippen molar-refractivity contribution in [1.82, 2.24) is 9.97 Å². The van der Waals surface area contributed by atoms with Gasteiger partial charge in [-0.3, -0.25) is 9.97 Å². The summed E-state index contributed by atoms with van der Waals surface area (Å²) in [4.78, 5) is 10.7. The number of nitrogen functional groups attached to an aromatic ring is 1. The van der Waals surface area contributed by atoms with Crippen LogP contribution in [-0.4, -0.2) is 17.0 Å². The van der Waals surface area contributed by atoms with E-state index in [1.54, 1.807) is 6.20 Å². The van der Waals surface area contributed by atoms with E-state index in [0.717, 1.165) is 34.4 Å². The lowest BCUT2D eigenvalue weighted by atomic mass is 10.1. The molecule has 0 spiro atoms. The van der Waals surface area contributed by atoms with Gasteiger partial charge in [0, 0.05) is 47.8 Å². The minimum Gasteiger partial charge on any atom is -0.398 e. The Kier molecular flexibility index (Phi) is 3.21. The number of nitrogens with zero attached hydrogens (tertiary/aromatic N) is 3. The van der Waals surface area contributed by atoms with E-state index in [0.29, 0.717) is 0 Å². The number of nitrogens with two attached hydrogens (primary N) is 1. The summed E-state index contributed by atoms with van der Waals surface area (Å²) >= 11 is 0. The van der Waals surface area contributed by atoms with Crippen LogP contribution in [-0.2, 0) is 6.54 Å². The maximum absolute atomic E-state index is 6.01. The van der Waals surface area contributed by atoms with Crippen LogP contribution in [0.4, 0.5) is 11.4 Å². The van der Waals surface area contributed by atoms with Crippen LogP contribution in [0.5, 0.6) is 0 Å². The van der Waals surface area contributed by atoms with Gasteiger partial charge in [0.05, 0.1) is 12.2 Å². The van der Waals surface area contributed by atoms with Gasteiger partial charge in [0.1, 0.15) is 0 Å². The minimum atomic E-state index is 0.752. The lowest BCUT2D eigenvalue weighted by Gasteiger charge is -2.21. The third-order valence-corrected chi connectivity index (χ3v) is 3.37. The van der Waals surface area contributed by atoms with E-state index in [2.05, 4.69) is 21.9 Å². The quantitative estimate of drug-likeness (QED) is 0.739. The molecular weight excluding hydrogens is 248 g/mol. The van der Waals surface area contributed by atoms with E-state index in [9.17, 15) is 0 Å². The highest BCUT2D eigenvalue weighted by Crippen LogP contribution is 2.30. The normalized spacial score (nSPS) is 10.7. The first-order chi connectivity index (χ1) is 9.75. The molecular formula is C16H16N4. The maximum Gasteiger partial charge on any atom is 0.0598 e. The Morgan fingerprint density at radius 3 is 2.75 bits per heavy atom. The highest BCUT2D eigenvalue weighted by molar-refractivity contribution is 6.00. The molecule has 2 heterocycles. The van der Waals surface area contributed by atoms with E-state index in [4.69, 9.17) is 5.73 Å². The Balaban J connectivity index is 2.00. The molecule has 3 rings (SSSR count). The zero-order valence-electron chi connectivity index (χ0n) is 11.3. The molecule has 4 heteroatoms. The first kappa shape index (κ1) is 12.4. The van der Waals surface area contributed by atoms with Crippen molar-refractivity contribution < 1.29 is 0 Å². The van der Waals surface area contributed by atoms with Crippen LogP contribution in [0.3, 0.4) is 0 Å². The van der Waals surface area contributed by atoms with Crippen molar-refractivity contribution in [2.75, 3.05) is 17.7 Å². The molecule has 100 valence electrons. The van der Waals surface area contributed by atoms with E-state index in [-0.39, 0.29) is 0 Å². The molecule has 0 amide bonds. The highest BCUT2D eigenvalue weighted by Gasteiger charge is 2.09. The van der Waals surface area contributed by atoms with Gasteiger partial charge in [-0.15, -0.1) is 0 Å². The topological polar surface area (TPSA) is 55.0 Å². The fraction of sp³-hybridized carbons (Fsp3) is 0.125. The predicted octanol–water partition coefficient (Wildman–Crippen LogP) is 2.85. The van der Waals surface area contributed by atoms with Gasteiger partial charge in [0.2, 0.25) is 0 Å². The predicted molar refractivity (Wildman–Crippen MR) is 82.5 cm³/mol. The zero-order chi connectivity index (χ0) is 13.9. The van der Waals surface area contributed by atoms with Crippen LogP contribution in [0, 0.1) is 0 Å². The van der Waals surface area contributed by atoms with Crippen LogP contribution < -0.4 is 10.6 Å². The Morgan fingerprint density at radius 1 is 1.05 bits per heavy atom. The third-order valence-electron chi connectivity index (χ3n) is 3.37. The molecule has 0 aliphatic heterocycles. The largest absolute Gasteiger partial charge is 0.398 e. The van der Waals surface area contributed by atoms with Crippen LogP contribution in [0.25, 0.3) is 10.8 Å². The summed E-state index contributed by atoms with van der Waals surface area (Å²) in [5, 5.41) is 2.09. The van der Waals surface area contributed by atoms with Crippen molar-refractivity contribution in [3.8, 4) is 0 Å². The number of hydrogen-bond acceptors (Lipinski definition) is 4. The number of fused-ring (bicyclic) bond motifs is 1. The SMILES string of the molecule is CN(Cc1ccccn1)c1ccc(N)c2cnccc12. The summed E-state index contributed by atoms with van der Waals surface area (Å²) in [6.45, 7) is 0.752. The van der Waals surface area contributed by atoms with Crippen molar-refractivity contribution in [3.63, 3.8) is 0 Å². The summed E-state index contributed by atoms with van der Waals surface area (Å²) in [7, 11) is 2.06. The molecule has 4 nitrogen and oxygen atoms in total. The van der Waals surface area contributed by atoms with Gasteiger partial charge < -0.3 is 10.6 Å². The first-order valence-electron chi connectivity index (χ1n) is 6.49. The molecule has 0 bridgehead atoms. The Hall–Kier alpha value is -2.62. The van der Waals surface area contributed by atoms with Gasteiger partial charge in [-0.05, 0) is 30.3 Å². The standard InChI is InChI=1S/C16H16N4/c1-20(11-12-4-2-3-8-19-12)16-6-5-15(17)14-10-18-9-7-13(14)16/h2-10H,11,17H2,1H3. The fourth-order valence-corrected chi connectivity index (χ4v) is 2.35. The lowest BCUT2D eigenvalue weighted by Crippen LogP contribution is -2.17. The summed E-state index contributed by atoms with van der Waals surface area (Å²) in [6, 6.07) is 11.9. The number of pyridine rings is 2. The van der Waals surface area contributed by atoms with Crippen LogP contribution >= 0.6 is 0 Å². The van der Waals surface area contributed by atoms with Gasteiger partial charge >= 0.3 is 0 Å². The number of anilines is 2. The smallest absolute Gasteiger partial charge is 0.0598 e. The van der Waals surface area contributed by atoms with E-state index in [1.807, 2.05) is 48.8 Å². The second-order valence-electron chi connectivity index (χ2n) is 4.77. The summed E-state index contributed by atoms with van der Waals surface area (Å²) in [6.07, 6.45) is 5.41. The third kappa shape index (κ3) is 2.28. The van der Waals surface area contributed by atoms with Gasteiger partial charge in [-0.2, -0.15) is 0 Å². The highest BCUT2D eigenvalue weighted by atomic mass is 15.1. The Morgan fingerprint density at radius 2 is 1.95 bits per heavy atom. The minimum absolute atomic E-state index is 0.752. The summed E-state index contributed by atoms with van der Waals surface area (Å²) < 4.78 is 0. The molecule has 0 saturated heterocycles. The monoisotopic (exact) mass is 264 g/mol. The number of aromatic nitrogens is 2. The number of hydrogen-bond donors (Lipinski definition) is 1. The average Bonchev–Trinajstić information content (AvgIpc) is 2.49. The van der Waals surface area contributed by atoms with E-state index < -0.39 is 0 Å². The van der Waals surface area contributed by atoms with Crippen molar-refractivity contribution in [2.24, 2.45) is 0 Å². The molecule has 1 aromatic carbocycles. The van der Waals surface area contributed by atoms with Crippen LogP contribution in [0.1, 0.15) is 5.69 Å². The average molecular weight is 264 g/mol. The summed E-state index contributed by atoms with van der Waals surface area (Å²) in [5.41, 5.74) is 8.92. The van der Waals surface area contributed by atoms with Gasteiger partial charge in [0.25, 0.3) is 0 Å². The molecule has 3 aromatic rings. The molecule has 20 heavy (non-hydrogen) atoms. The van der Waals surface area contributed by atoms with Crippen molar-refractivity contribution in [1.29, 1.82) is 0 Å². The molecule has 2 aromatic heterocycles. The second kappa shape index (κ2) is 5.17. The molecule has 0 aliphatic carbocycles. The summed E-state index contributed by atoms with van der Waals surface area (Å²) in [5.74, 6) is 0. The molecule has 2 N–H and O–H groups in total. The van der Waals surface area contributed by atoms with Crippen LogP contribution in [0.2, 0.25) is 0 Å². The van der Waals surface area contributed by atoms with Crippen molar-refractivity contribution in [2.45, 2.75) is 6.54 Å². The molecule has 0 saturated carbocycles. The lowest BCUT2D eigenvalue weighted by molar-refractivity contribution is 0.889. The molecule has 0 radical (unpaired) electrons.